The molecule has 0 saturated carbocycles. The highest BCUT2D eigenvalue weighted by atomic mass is 16.5. The van der Waals surface area contributed by atoms with Gasteiger partial charge in [0.15, 0.2) is 0 Å². The summed E-state index contributed by atoms with van der Waals surface area (Å²) in [6, 6.07) is 10.1. The van der Waals surface area contributed by atoms with E-state index in [0.29, 0.717) is 0 Å². The standard InChI is InChI=1S/C16H23N3O/c1-5-10-20-13-8-6-12(7-9-13)14-11-15(19-18-14)17-16(2,3)4/h6-9,11H,5,10H2,1-4H3,(H2,17,18,19). The average molecular weight is 273 g/mol. The van der Waals surface area contributed by atoms with Gasteiger partial charge in [-0.1, -0.05) is 6.92 Å². The first-order valence-corrected chi connectivity index (χ1v) is 7.05. The van der Waals surface area contributed by atoms with Crippen LogP contribution in [0.5, 0.6) is 5.75 Å². The summed E-state index contributed by atoms with van der Waals surface area (Å²) in [7, 11) is 0. The van der Waals surface area contributed by atoms with Crippen LogP contribution in [0.1, 0.15) is 34.1 Å². The van der Waals surface area contributed by atoms with Crippen molar-refractivity contribution < 1.29 is 4.74 Å². The first-order chi connectivity index (χ1) is 9.48. The Balaban J connectivity index is 2.08. The zero-order valence-corrected chi connectivity index (χ0v) is 12.7. The van der Waals surface area contributed by atoms with Crippen molar-refractivity contribution in [3.05, 3.63) is 30.3 Å². The maximum Gasteiger partial charge on any atom is 0.148 e. The molecule has 1 aromatic carbocycles. The van der Waals surface area contributed by atoms with Gasteiger partial charge in [-0.05, 0) is 57.0 Å². The van der Waals surface area contributed by atoms with Crippen LogP contribution in [0.3, 0.4) is 0 Å². The fourth-order valence-corrected chi connectivity index (χ4v) is 1.87. The number of hydrogen-bond donors (Lipinski definition) is 2. The maximum absolute atomic E-state index is 5.58. The Bertz CT molecular complexity index is 538. The fourth-order valence-electron chi connectivity index (χ4n) is 1.87. The molecule has 2 N–H and O–H groups in total. The molecule has 1 heterocycles. The van der Waals surface area contributed by atoms with Gasteiger partial charge in [0.25, 0.3) is 0 Å². The maximum atomic E-state index is 5.58. The first kappa shape index (κ1) is 14.4. The quantitative estimate of drug-likeness (QED) is 0.863. The second kappa shape index (κ2) is 5.99. The molecular weight excluding hydrogens is 250 g/mol. The Morgan fingerprint density at radius 3 is 2.50 bits per heavy atom. The summed E-state index contributed by atoms with van der Waals surface area (Å²) >= 11 is 0. The molecule has 1 aromatic heterocycles. The van der Waals surface area contributed by atoms with E-state index in [4.69, 9.17) is 4.74 Å². The van der Waals surface area contributed by atoms with Gasteiger partial charge in [0.2, 0.25) is 0 Å². The molecular formula is C16H23N3O. The van der Waals surface area contributed by atoms with E-state index in [0.717, 1.165) is 35.9 Å². The summed E-state index contributed by atoms with van der Waals surface area (Å²) in [6.07, 6.45) is 1.02. The zero-order chi connectivity index (χ0) is 14.6. The minimum Gasteiger partial charge on any atom is -0.494 e. The summed E-state index contributed by atoms with van der Waals surface area (Å²) in [5.74, 6) is 1.77. The van der Waals surface area contributed by atoms with Crippen LogP contribution in [0.4, 0.5) is 5.82 Å². The van der Waals surface area contributed by atoms with Crippen LogP contribution in [0.2, 0.25) is 0 Å². The topological polar surface area (TPSA) is 49.9 Å². The average Bonchev–Trinajstić information content (AvgIpc) is 2.83. The summed E-state index contributed by atoms with van der Waals surface area (Å²) in [5, 5.41) is 10.7. The van der Waals surface area contributed by atoms with Crippen LogP contribution in [0.15, 0.2) is 30.3 Å². The van der Waals surface area contributed by atoms with E-state index in [9.17, 15) is 0 Å². The van der Waals surface area contributed by atoms with E-state index >= 15 is 0 Å². The summed E-state index contributed by atoms with van der Waals surface area (Å²) in [6.45, 7) is 9.19. The molecule has 4 heteroatoms. The Hall–Kier alpha value is -1.97. The van der Waals surface area contributed by atoms with E-state index in [1.807, 2.05) is 30.3 Å². The smallest absolute Gasteiger partial charge is 0.148 e. The molecule has 2 aromatic rings. The van der Waals surface area contributed by atoms with Gasteiger partial charge in [0.1, 0.15) is 11.6 Å². The third-order valence-electron chi connectivity index (χ3n) is 2.72. The molecule has 0 fully saturated rings. The first-order valence-electron chi connectivity index (χ1n) is 7.05. The Labute approximate surface area is 120 Å². The fraction of sp³-hybridized carbons (Fsp3) is 0.438. The third kappa shape index (κ3) is 4.02. The Morgan fingerprint density at radius 1 is 1.20 bits per heavy atom. The number of anilines is 1. The van der Waals surface area contributed by atoms with E-state index in [-0.39, 0.29) is 5.54 Å². The van der Waals surface area contributed by atoms with Gasteiger partial charge in [-0.25, -0.2) is 0 Å². The number of H-pyrrole nitrogens is 1. The van der Waals surface area contributed by atoms with Gasteiger partial charge in [-0.2, -0.15) is 5.10 Å². The minimum absolute atomic E-state index is 0.00428. The minimum atomic E-state index is 0.00428. The molecule has 0 aliphatic rings. The second-order valence-corrected chi connectivity index (χ2v) is 5.91. The lowest BCUT2D eigenvalue weighted by Gasteiger charge is -2.19. The monoisotopic (exact) mass is 273 g/mol. The number of benzene rings is 1. The molecule has 2 rings (SSSR count). The van der Waals surface area contributed by atoms with Gasteiger partial charge >= 0.3 is 0 Å². The molecule has 108 valence electrons. The van der Waals surface area contributed by atoms with Gasteiger partial charge in [0.05, 0.1) is 12.3 Å². The predicted octanol–water partition coefficient (Wildman–Crippen LogP) is 4.08. The normalized spacial score (nSPS) is 11.4. The van der Waals surface area contributed by atoms with Crippen molar-refractivity contribution in [2.45, 2.75) is 39.7 Å². The number of nitrogens with zero attached hydrogens (tertiary/aromatic N) is 1. The second-order valence-electron chi connectivity index (χ2n) is 5.91. The van der Waals surface area contributed by atoms with Crippen molar-refractivity contribution in [2.75, 3.05) is 11.9 Å². The molecule has 0 aliphatic heterocycles. The SMILES string of the molecule is CCCOc1ccc(-c2cc(NC(C)(C)C)n[nH]2)cc1. The van der Waals surface area contributed by atoms with Gasteiger partial charge in [-0.3, -0.25) is 5.10 Å². The van der Waals surface area contributed by atoms with E-state index < -0.39 is 0 Å². The molecule has 20 heavy (non-hydrogen) atoms. The lowest BCUT2D eigenvalue weighted by molar-refractivity contribution is 0.317. The molecule has 0 bridgehead atoms. The third-order valence-corrected chi connectivity index (χ3v) is 2.72. The van der Waals surface area contributed by atoms with Crippen LogP contribution in [0.25, 0.3) is 11.3 Å². The Kier molecular flexibility index (Phi) is 4.32. The molecule has 0 unspecified atom stereocenters. The number of aromatic nitrogens is 2. The number of ether oxygens (including phenoxy) is 1. The number of nitrogens with one attached hydrogen (secondary N) is 2. The summed E-state index contributed by atoms with van der Waals surface area (Å²) in [4.78, 5) is 0. The lowest BCUT2D eigenvalue weighted by Crippen LogP contribution is -2.26. The van der Waals surface area contributed by atoms with E-state index in [1.165, 1.54) is 0 Å². The van der Waals surface area contributed by atoms with Crippen LogP contribution in [-0.2, 0) is 0 Å². The predicted molar refractivity (Wildman–Crippen MR) is 83.2 cm³/mol. The van der Waals surface area contributed by atoms with Crippen molar-refractivity contribution in [1.29, 1.82) is 0 Å². The molecule has 0 saturated heterocycles. The van der Waals surface area contributed by atoms with Crippen molar-refractivity contribution in [1.82, 2.24) is 10.2 Å². The highest BCUT2D eigenvalue weighted by molar-refractivity contribution is 5.63. The summed E-state index contributed by atoms with van der Waals surface area (Å²) < 4.78 is 5.58. The number of hydrogen-bond acceptors (Lipinski definition) is 3. The van der Waals surface area contributed by atoms with Gasteiger partial charge in [-0.15, -0.1) is 0 Å². The number of rotatable bonds is 5. The van der Waals surface area contributed by atoms with Crippen molar-refractivity contribution in [3.8, 4) is 17.0 Å². The lowest BCUT2D eigenvalue weighted by atomic mass is 10.1. The van der Waals surface area contributed by atoms with E-state index in [1.54, 1.807) is 0 Å². The molecule has 0 radical (unpaired) electrons. The van der Waals surface area contributed by atoms with Crippen LogP contribution >= 0.6 is 0 Å². The number of aromatic amines is 1. The van der Waals surface area contributed by atoms with Crippen LogP contribution in [0, 0.1) is 0 Å². The highest BCUT2D eigenvalue weighted by Crippen LogP contribution is 2.23. The van der Waals surface area contributed by atoms with Crippen molar-refractivity contribution in [2.24, 2.45) is 0 Å². The zero-order valence-electron chi connectivity index (χ0n) is 12.7. The van der Waals surface area contributed by atoms with Crippen LogP contribution < -0.4 is 10.1 Å². The van der Waals surface area contributed by atoms with Gasteiger partial charge < -0.3 is 10.1 Å². The highest BCUT2D eigenvalue weighted by Gasteiger charge is 2.12. The van der Waals surface area contributed by atoms with Crippen molar-refractivity contribution in [3.63, 3.8) is 0 Å². The van der Waals surface area contributed by atoms with Crippen LogP contribution in [-0.4, -0.2) is 22.3 Å². The largest absolute Gasteiger partial charge is 0.494 e. The molecule has 0 amide bonds. The Morgan fingerprint density at radius 2 is 1.90 bits per heavy atom. The summed E-state index contributed by atoms with van der Waals surface area (Å²) in [5.41, 5.74) is 2.10. The van der Waals surface area contributed by atoms with E-state index in [2.05, 4.69) is 43.2 Å². The van der Waals surface area contributed by atoms with Gasteiger partial charge in [0, 0.05) is 11.6 Å². The molecule has 0 aliphatic carbocycles. The molecule has 0 spiro atoms. The van der Waals surface area contributed by atoms with Crippen molar-refractivity contribution >= 4 is 5.82 Å². The molecule has 0 atom stereocenters. The molecule has 4 nitrogen and oxygen atoms in total.